The number of rotatable bonds is 0. The lowest BCUT2D eigenvalue weighted by Gasteiger charge is -2.38. The summed E-state index contributed by atoms with van der Waals surface area (Å²) in [6.07, 6.45) is 1.41. The molecule has 0 bridgehead atoms. The smallest absolute Gasteiger partial charge is 0.00917 e. The lowest BCUT2D eigenvalue weighted by atomic mass is 9.81. The third kappa shape index (κ3) is 1.16. The highest BCUT2D eigenvalue weighted by Crippen LogP contribution is 2.32. The first-order valence-corrected chi connectivity index (χ1v) is 3.70. The summed E-state index contributed by atoms with van der Waals surface area (Å²) in [5, 5.41) is 3.34. The molecule has 1 spiro atoms. The third-order valence-corrected chi connectivity index (χ3v) is 2.63. The largest absolute Gasteiger partial charge is 0.315 e. The monoisotopic (exact) mass is 162 g/mol. The van der Waals surface area contributed by atoms with Crippen molar-refractivity contribution < 1.29 is 0 Å². The molecular formula is C7H15ClN2. The van der Waals surface area contributed by atoms with Crippen LogP contribution in [0, 0.1) is 5.41 Å². The Morgan fingerprint density at radius 1 is 1.40 bits per heavy atom. The molecule has 3 heteroatoms. The van der Waals surface area contributed by atoms with Crippen molar-refractivity contribution >= 4 is 12.4 Å². The minimum absolute atomic E-state index is 0. The third-order valence-electron chi connectivity index (χ3n) is 2.63. The Bertz CT molecular complexity index is 123. The molecule has 0 aliphatic carbocycles. The fourth-order valence-electron chi connectivity index (χ4n) is 1.93. The van der Waals surface area contributed by atoms with Crippen molar-refractivity contribution in [3.63, 3.8) is 0 Å². The molecule has 0 aromatic carbocycles. The van der Waals surface area contributed by atoms with Crippen molar-refractivity contribution in [1.29, 1.82) is 0 Å². The van der Waals surface area contributed by atoms with E-state index < -0.39 is 0 Å². The van der Waals surface area contributed by atoms with Crippen molar-refractivity contribution in [1.82, 2.24) is 10.2 Å². The molecule has 60 valence electrons. The highest BCUT2D eigenvalue weighted by atomic mass is 35.5. The van der Waals surface area contributed by atoms with Gasteiger partial charge in [-0.1, -0.05) is 0 Å². The van der Waals surface area contributed by atoms with Crippen LogP contribution in [0.25, 0.3) is 0 Å². The minimum atomic E-state index is 0. The van der Waals surface area contributed by atoms with Crippen LogP contribution in [-0.2, 0) is 0 Å². The van der Waals surface area contributed by atoms with Crippen LogP contribution < -0.4 is 5.32 Å². The predicted octanol–water partition coefficient (Wildman–Crippen LogP) is 0.333. The summed E-state index contributed by atoms with van der Waals surface area (Å²) in [4.78, 5) is 2.43. The van der Waals surface area contributed by atoms with Gasteiger partial charge in [-0.2, -0.15) is 0 Å². The molecule has 10 heavy (non-hydrogen) atoms. The molecule has 0 atom stereocenters. The molecular weight excluding hydrogens is 148 g/mol. The van der Waals surface area contributed by atoms with Gasteiger partial charge in [0.05, 0.1) is 0 Å². The van der Waals surface area contributed by atoms with E-state index in [1.807, 2.05) is 0 Å². The molecule has 2 saturated heterocycles. The van der Waals surface area contributed by atoms with Crippen molar-refractivity contribution in [3.05, 3.63) is 0 Å². The first-order valence-electron chi connectivity index (χ1n) is 3.70. The van der Waals surface area contributed by atoms with Crippen LogP contribution in [0.2, 0.25) is 0 Å². The summed E-state index contributed by atoms with van der Waals surface area (Å²) in [6.45, 7) is 5.15. The molecule has 0 saturated carbocycles. The fourth-order valence-corrected chi connectivity index (χ4v) is 1.93. The molecule has 2 nitrogen and oxygen atoms in total. The van der Waals surface area contributed by atoms with Crippen LogP contribution in [-0.4, -0.2) is 38.1 Å². The molecule has 0 aromatic heterocycles. The maximum Gasteiger partial charge on any atom is 0.00917 e. The molecule has 2 heterocycles. The van der Waals surface area contributed by atoms with Crippen molar-refractivity contribution in [2.24, 2.45) is 5.41 Å². The van der Waals surface area contributed by atoms with Gasteiger partial charge in [0.1, 0.15) is 0 Å². The molecule has 1 N–H and O–H groups in total. The van der Waals surface area contributed by atoms with Gasteiger partial charge in [-0.3, -0.25) is 0 Å². The molecule has 0 aromatic rings. The molecule has 0 unspecified atom stereocenters. The average Bonchev–Trinajstić information content (AvgIpc) is 2.09. The Morgan fingerprint density at radius 3 is 2.30 bits per heavy atom. The molecule has 0 amide bonds. The number of hydrogen-bond acceptors (Lipinski definition) is 2. The van der Waals surface area contributed by atoms with Crippen molar-refractivity contribution in [2.45, 2.75) is 6.42 Å². The first-order chi connectivity index (χ1) is 4.31. The van der Waals surface area contributed by atoms with Crippen LogP contribution in [0.1, 0.15) is 6.42 Å². The van der Waals surface area contributed by atoms with Gasteiger partial charge >= 0.3 is 0 Å². The van der Waals surface area contributed by atoms with Gasteiger partial charge in [-0.05, 0) is 20.0 Å². The van der Waals surface area contributed by atoms with E-state index in [0.717, 1.165) is 0 Å². The van der Waals surface area contributed by atoms with Crippen LogP contribution in [0.4, 0.5) is 0 Å². The van der Waals surface area contributed by atoms with Crippen LogP contribution in [0.3, 0.4) is 0 Å². The maximum atomic E-state index is 3.34. The summed E-state index contributed by atoms with van der Waals surface area (Å²) in [5.41, 5.74) is 0.703. The highest BCUT2D eigenvalue weighted by Gasteiger charge is 2.41. The molecule has 2 fully saturated rings. The Hall–Kier alpha value is 0.210. The van der Waals surface area contributed by atoms with Gasteiger partial charge in [0.15, 0.2) is 0 Å². The van der Waals surface area contributed by atoms with Gasteiger partial charge in [-0.15, -0.1) is 12.4 Å². The number of nitrogens with one attached hydrogen (secondary N) is 1. The number of halogens is 1. The van der Waals surface area contributed by atoms with Gasteiger partial charge in [0.25, 0.3) is 0 Å². The summed E-state index contributed by atoms with van der Waals surface area (Å²) in [6, 6.07) is 0. The Kier molecular flexibility index (Phi) is 2.23. The Morgan fingerprint density at radius 2 is 2.10 bits per heavy atom. The highest BCUT2D eigenvalue weighted by molar-refractivity contribution is 5.85. The van der Waals surface area contributed by atoms with E-state index in [1.54, 1.807) is 0 Å². The summed E-state index contributed by atoms with van der Waals surface area (Å²) in [7, 11) is 2.22. The minimum Gasteiger partial charge on any atom is -0.315 e. The van der Waals surface area contributed by atoms with E-state index in [-0.39, 0.29) is 12.4 Å². The Balaban J connectivity index is 0.000000500. The van der Waals surface area contributed by atoms with Gasteiger partial charge < -0.3 is 10.2 Å². The van der Waals surface area contributed by atoms with Crippen molar-refractivity contribution in [2.75, 3.05) is 33.2 Å². The fraction of sp³-hybridized carbons (Fsp3) is 1.00. The lowest BCUT2D eigenvalue weighted by Crippen LogP contribution is -2.54. The van der Waals surface area contributed by atoms with E-state index >= 15 is 0 Å². The summed E-state index contributed by atoms with van der Waals surface area (Å²) < 4.78 is 0. The number of hydrogen-bond donors (Lipinski definition) is 1. The quantitative estimate of drug-likeness (QED) is 0.553. The average molecular weight is 163 g/mol. The number of nitrogens with zero attached hydrogens (tertiary/aromatic N) is 1. The van der Waals surface area contributed by atoms with E-state index in [1.165, 1.54) is 32.6 Å². The SMILES string of the molecule is CN1CCC2(CNC2)C1.Cl. The van der Waals surface area contributed by atoms with Gasteiger partial charge in [0.2, 0.25) is 0 Å². The maximum absolute atomic E-state index is 3.34. The van der Waals surface area contributed by atoms with E-state index in [9.17, 15) is 0 Å². The van der Waals surface area contributed by atoms with Gasteiger partial charge in [0, 0.05) is 25.0 Å². The zero-order valence-electron chi connectivity index (χ0n) is 6.39. The molecule has 2 aliphatic rings. The standard InChI is InChI=1S/C7H14N2.ClH/c1-9-3-2-7(6-9)4-8-5-7;/h8H,2-6H2,1H3;1H. The topological polar surface area (TPSA) is 15.3 Å². The molecule has 0 radical (unpaired) electrons. The zero-order valence-corrected chi connectivity index (χ0v) is 7.21. The van der Waals surface area contributed by atoms with E-state index in [0.29, 0.717) is 5.41 Å². The second kappa shape index (κ2) is 2.68. The summed E-state index contributed by atoms with van der Waals surface area (Å²) >= 11 is 0. The van der Waals surface area contributed by atoms with Crippen LogP contribution >= 0.6 is 12.4 Å². The Labute approximate surface area is 68.4 Å². The number of likely N-dealkylation sites (tertiary alicyclic amines) is 1. The van der Waals surface area contributed by atoms with Crippen molar-refractivity contribution in [3.8, 4) is 0 Å². The molecule has 2 aliphatic heterocycles. The predicted molar refractivity (Wildman–Crippen MR) is 44.7 cm³/mol. The van der Waals surface area contributed by atoms with Crippen LogP contribution in [0.15, 0.2) is 0 Å². The zero-order chi connectivity index (χ0) is 6.32. The van der Waals surface area contributed by atoms with Crippen LogP contribution in [0.5, 0.6) is 0 Å². The summed E-state index contributed by atoms with van der Waals surface area (Å²) in [5.74, 6) is 0. The van der Waals surface area contributed by atoms with Gasteiger partial charge in [-0.25, -0.2) is 0 Å². The van der Waals surface area contributed by atoms with E-state index in [4.69, 9.17) is 0 Å². The normalized spacial score (nSPS) is 29.7. The molecule has 2 rings (SSSR count). The second-order valence-electron chi connectivity index (χ2n) is 3.59. The second-order valence-corrected chi connectivity index (χ2v) is 3.59. The lowest BCUT2D eigenvalue weighted by molar-refractivity contribution is 0.177. The first kappa shape index (κ1) is 8.31. The van der Waals surface area contributed by atoms with E-state index in [2.05, 4.69) is 17.3 Å².